The van der Waals surface area contributed by atoms with Crippen molar-refractivity contribution >= 4 is 11.6 Å². The molecule has 0 bridgehead atoms. The molecule has 2 atom stereocenters. The van der Waals surface area contributed by atoms with E-state index in [9.17, 15) is 15.0 Å². The summed E-state index contributed by atoms with van der Waals surface area (Å²) in [5, 5.41) is 30.4. The monoisotopic (exact) mass is 239 g/mol. The average Bonchev–Trinajstić information content (AvgIpc) is 2.36. The molecular formula is C11H13NO5. The average molecular weight is 239 g/mol. The van der Waals surface area contributed by atoms with Crippen LogP contribution in [0.2, 0.25) is 0 Å². The first-order valence-corrected chi connectivity index (χ1v) is 5.15. The lowest BCUT2D eigenvalue weighted by molar-refractivity contribution is -0.118. The third-order valence-electron chi connectivity index (χ3n) is 2.53. The molecule has 92 valence electrons. The number of hydrogen-bond acceptors (Lipinski definition) is 5. The Hall–Kier alpha value is -1.63. The largest absolute Gasteiger partial charge is 0.482 e. The Morgan fingerprint density at radius 1 is 1.41 bits per heavy atom. The summed E-state index contributed by atoms with van der Waals surface area (Å²) in [6.07, 6.45) is -2.43. The quantitative estimate of drug-likeness (QED) is 0.564. The van der Waals surface area contributed by atoms with Gasteiger partial charge < -0.3 is 25.4 Å². The number of carbonyl (C=O) groups is 1. The predicted molar refractivity (Wildman–Crippen MR) is 58.6 cm³/mol. The molecule has 0 saturated carbocycles. The molecule has 17 heavy (non-hydrogen) atoms. The molecule has 6 heteroatoms. The highest BCUT2D eigenvalue weighted by molar-refractivity contribution is 5.95. The van der Waals surface area contributed by atoms with E-state index in [0.29, 0.717) is 17.0 Å². The van der Waals surface area contributed by atoms with Crippen LogP contribution in [0.15, 0.2) is 18.2 Å². The standard InChI is InChI=1S/C11H13NO5/c13-4-8(14)11(16)6-1-2-7-9(3-6)17-5-10(15)12-7/h1-3,8,11,13-14,16H,4-5H2,(H,12,15). The lowest BCUT2D eigenvalue weighted by Gasteiger charge is -2.21. The van der Waals surface area contributed by atoms with Gasteiger partial charge in [-0.25, -0.2) is 0 Å². The van der Waals surface area contributed by atoms with E-state index in [1.54, 1.807) is 12.1 Å². The van der Waals surface area contributed by atoms with Crippen molar-refractivity contribution in [1.29, 1.82) is 0 Å². The van der Waals surface area contributed by atoms with Crippen LogP contribution in [0.4, 0.5) is 5.69 Å². The second-order valence-corrected chi connectivity index (χ2v) is 3.79. The van der Waals surface area contributed by atoms with Gasteiger partial charge in [-0.05, 0) is 17.7 Å². The van der Waals surface area contributed by atoms with E-state index in [-0.39, 0.29) is 12.5 Å². The summed E-state index contributed by atoms with van der Waals surface area (Å²) in [5.41, 5.74) is 0.942. The molecule has 4 N–H and O–H groups in total. The Labute approximate surface area is 97.5 Å². The van der Waals surface area contributed by atoms with Gasteiger partial charge in [0, 0.05) is 0 Å². The van der Waals surface area contributed by atoms with Crippen LogP contribution >= 0.6 is 0 Å². The lowest BCUT2D eigenvalue weighted by Crippen LogP contribution is -2.26. The van der Waals surface area contributed by atoms with Crippen LogP contribution in [0.3, 0.4) is 0 Å². The maximum Gasteiger partial charge on any atom is 0.262 e. The van der Waals surface area contributed by atoms with Crippen molar-refractivity contribution in [3.63, 3.8) is 0 Å². The highest BCUT2D eigenvalue weighted by Crippen LogP contribution is 2.31. The van der Waals surface area contributed by atoms with E-state index in [4.69, 9.17) is 9.84 Å². The zero-order valence-corrected chi connectivity index (χ0v) is 8.96. The van der Waals surface area contributed by atoms with Crippen LogP contribution in [-0.4, -0.2) is 40.5 Å². The van der Waals surface area contributed by atoms with Gasteiger partial charge in [0.05, 0.1) is 12.3 Å². The van der Waals surface area contributed by atoms with E-state index in [2.05, 4.69) is 5.32 Å². The highest BCUT2D eigenvalue weighted by atomic mass is 16.5. The molecular weight excluding hydrogens is 226 g/mol. The predicted octanol–water partition coefficient (Wildman–Crippen LogP) is -0.596. The smallest absolute Gasteiger partial charge is 0.262 e. The van der Waals surface area contributed by atoms with Gasteiger partial charge in [0.15, 0.2) is 6.61 Å². The molecule has 1 aromatic rings. The molecule has 2 unspecified atom stereocenters. The van der Waals surface area contributed by atoms with E-state index in [0.717, 1.165) is 0 Å². The van der Waals surface area contributed by atoms with Crippen molar-refractivity contribution in [2.24, 2.45) is 0 Å². The first-order chi connectivity index (χ1) is 8.11. The van der Waals surface area contributed by atoms with Crippen LogP contribution in [0.5, 0.6) is 5.75 Å². The number of amides is 1. The van der Waals surface area contributed by atoms with Gasteiger partial charge in [-0.3, -0.25) is 4.79 Å². The Morgan fingerprint density at radius 2 is 2.18 bits per heavy atom. The molecule has 1 heterocycles. The zero-order valence-electron chi connectivity index (χ0n) is 8.96. The van der Waals surface area contributed by atoms with Crippen molar-refractivity contribution < 1.29 is 24.9 Å². The molecule has 1 aliphatic heterocycles. The number of benzene rings is 1. The molecule has 6 nitrogen and oxygen atoms in total. The number of hydrogen-bond donors (Lipinski definition) is 4. The molecule has 1 aromatic carbocycles. The minimum Gasteiger partial charge on any atom is -0.482 e. The number of nitrogens with one attached hydrogen (secondary N) is 1. The topological polar surface area (TPSA) is 99.0 Å². The fourth-order valence-corrected chi connectivity index (χ4v) is 1.60. The van der Waals surface area contributed by atoms with E-state index in [1.807, 2.05) is 0 Å². The van der Waals surface area contributed by atoms with Crippen molar-refractivity contribution in [2.45, 2.75) is 12.2 Å². The summed E-state index contributed by atoms with van der Waals surface area (Å²) in [6, 6.07) is 4.66. The first-order valence-electron chi connectivity index (χ1n) is 5.15. The molecule has 1 amide bonds. The molecule has 0 aliphatic carbocycles. The highest BCUT2D eigenvalue weighted by Gasteiger charge is 2.21. The summed E-state index contributed by atoms with van der Waals surface area (Å²) in [5.74, 6) is 0.201. The number of carbonyl (C=O) groups excluding carboxylic acids is 1. The van der Waals surface area contributed by atoms with Gasteiger partial charge in [0.1, 0.15) is 18.0 Å². The fourth-order valence-electron chi connectivity index (χ4n) is 1.60. The Balaban J connectivity index is 2.24. The molecule has 0 saturated heterocycles. The van der Waals surface area contributed by atoms with Crippen molar-refractivity contribution in [3.8, 4) is 5.75 Å². The summed E-state index contributed by atoms with van der Waals surface area (Å²) in [6.45, 7) is -0.606. The van der Waals surface area contributed by atoms with Crippen LogP contribution in [0.25, 0.3) is 0 Å². The number of anilines is 1. The van der Waals surface area contributed by atoms with Crippen LogP contribution < -0.4 is 10.1 Å². The summed E-state index contributed by atoms with van der Waals surface area (Å²) < 4.78 is 5.17. The minimum absolute atomic E-state index is 0.0743. The normalized spacial score (nSPS) is 17.7. The summed E-state index contributed by atoms with van der Waals surface area (Å²) in [4.78, 5) is 11.0. The fraction of sp³-hybridized carbons (Fsp3) is 0.364. The number of aliphatic hydroxyl groups is 3. The third kappa shape index (κ3) is 2.38. The van der Waals surface area contributed by atoms with Gasteiger partial charge in [-0.15, -0.1) is 0 Å². The molecule has 0 aromatic heterocycles. The number of rotatable bonds is 3. The van der Waals surface area contributed by atoms with Crippen LogP contribution in [0, 0.1) is 0 Å². The number of aliphatic hydroxyl groups excluding tert-OH is 3. The number of fused-ring (bicyclic) bond motifs is 1. The van der Waals surface area contributed by atoms with Crippen LogP contribution in [0.1, 0.15) is 11.7 Å². The van der Waals surface area contributed by atoms with Gasteiger partial charge in [-0.1, -0.05) is 6.07 Å². The van der Waals surface area contributed by atoms with Crippen molar-refractivity contribution in [3.05, 3.63) is 23.8 Å². The molecule has 0 fully saturated rings. The van der Waals surface area contributed by atoms with Gasteiger partial charge >= 0.3 is 0 Å². The maximum absolute atomic E-state index is 11.0. The molecule has 0 spiro atoms. The van der Waals surface area contributed by atoms with Gasteiger partial charge in [0.2, 0.25) is 0 Å². The Kier molecular flexibility index (Phi) is 3.28. The summed E-state index contributed by atoms with van der Waals surface area (Å²) in [7, 11) is 0. The molecule has 1 aliphatic rings. The van der Waals surface area contributed by atoms with Crippen molar-refractivity contribution in [2.75, 3.05) is 18.5 Å². The second-order valence-electron chi connectivity index (χ2n) is 3.79. The van der Waals surface area contributed by atoms with Gasteiger partial charge in [-0.2, -0.15) is 0 Å². The van der Waals surface area contributed by atoms with E-state index < -0.39 is 18.8 Å². The number of ether oxygens (including phenoxy) is 1. The van der Waals surface area contributed by atoms with E-state index in [1.165, 1.54) is 6.07 Å². The summed E-state index contributed by atoms with van der Waals surface area (Å²) >= 11 is 0. The third-order valence-corrected chi connectivity index (χ3v) is 2.53. The Morgan fingerprint density at radius 3 is 2.88 bits per heavy atom. The molecule has 2 rings (SSSR count). The lowest BCUT2D eigenvalue weighted by atomic mass is 10.0. The SMILES string of the molecule is O=C1COc2cc(C(O)C(O)CO)ccc2N1. The van der Waals surface area contributed by atoms with Gasteiger partial charge in [0.25, 0.3) is 5.91 Å². The Bertz CT molecular complexity index is 434. The zero-order chi connectivity index (χ0) is 12.4. The minimum atomic E-state index is -1.24. The second kappa shape index (κ2) is 4.70. The first kappa shape index (κ1) is 11.8. The van der Waals surface area contributed by atoms with E-state index >= 15 is 0 Å². The van der Waals surface area contributed by atoms with Crippen molar-refractivity contribution in [1.82, 2.24) is 0 Å². The molecule has 0 radical (unpaired) electrons. The van der Waals surface area contributed by atoms with Crippen LogP contribution in [-0.2, 0) is 4.79 Å². The maximum atomic E-state index is 11.0.